The maximum atomic E-state index is 12.2. The number of nitrogens with zero attached hydrogens (tertiary/aromatic N) is 1. The number of fused-ring (bicyclic) bond motifs is 1. The molecule has 7 nitrogen and oxygen atoms in total. The van der Waals surface area contributed by atoms with E-state index in [2.05, 4.69) is 5.32 Å². The molecule has 0 spiro atoms. The number of ether oxygens (including phenoxy) is 2. The lowest BCUT2D eigenvalue weighted by Crippen LogP contribution is -2.21. The number of anilines is 1. The zero-order chi connectivity index (χ0) is 19.9. The van der Waals surface area contributed by atoms with Crippen molar-refractivity contribution in [3.8, 4) is 11.8 Å². The number of hydrogen-bond donors (Lipinski definition) is 1. The molecule has 3 aromatic rings. The van der Waals surface area contributed by atoms with E-state index in [1.807, 2.05) is 13.0 Å². The lowest BCUT2D eigenvalue weighted by atomic mass is 10.2. The first-order valence-corrected chi connectivity index (χ1v) is 8.74. The van der Waals surface area contributed by atoms with Crippen LogP contribution in [0.5, 0.6) is 5.75 Å². The van der Waals surface area contributed by atoms with Crippen LogP contribution in [0.1, 0.15) is 29.5 Å². The van der Waals surface area contributed by atoms with E-state index in [0.29, 0.717) is 28.9 Å². The molecule has 0 radical (unpaired) electrons. The van der Waals surface area contributed by atoms with E-state index in [9.17, 15) is 14.9 Å². The average Bonchev–Trinajstić information content (AvgIpc) is 3.08. The van der Waals surface area contributed by atoms with Crippen LogP contribution in [0.2, 0.25) is 0 Å². The van der Waals surface area contributed by atoms with E-state index in [1.54, 1.807) is 48.5 Å². The number of esters is 1. The Bertz CT molecular complexity index is 1030. The number of carbonyl (C=O) groups is 2. The largest absolute Gasteiger partial charge is 0.494 e. The van der Waals surface area contributed by atoms with Crippen molar-refractivity contribution in [2.75, 3.05) is 18.5 Å². The number of benzene rings is 2. The fourth-order valence-corrected chi connectivity index (χ4v) is 2.55. The second kappa shape index (κ2) is 8.73. The molecule has 0 aliphatic rings. The van der Waals surface area contributed by atoms with E-state index >= 15 is 0 Å². The molecule has 0 aliphatic carbocycles. The van der Waals surface area contributed by atoms with Crippen LogP contribution in [-0.2, 0) is 9.53 Å². The SMILES string of the molecule is CCCOc1ccc(C(=O)OCC(=O)Nc2c(C#N)oc3ccccc23)cc1. The van der Waals surface area contributed by atoms with Gasteiger partial charge < -0.3 is 19.2 Å². The maximum Gasteiger partial charge on any atom is 0.338 e. The van der Waals surface area contributed by atoms with Gasteiger partial charge in [0.2, 0.25) is 5.76 Å². The summed E-state index contributed by atoms with van der Waals surface area (Å²) in [5, 5.41) is 12.4. The molecule has 7 heteroatoms. The Hall–Kier alpha value is -3.79. The summed E-state index contributed by atoms with van der Waals surface area (Å²) in [6.45, 7) is 2.11. The Morgan fingerprint density at radius 2 is 1.89 bits per heavy atom. The van der Waals surface area contributed by atoms with E-state index in [0.717, 1.165) is 6.42 Å². The zero-order valence-corrected chi connectivity index (χ0v) is 15.2. The molecule has 1 amide bonds. The Kier molecular flexibility index (Phi) is 5.92. The van der Waals surface area contributed by atoms with Crippen molar-refractivity contribution in [2.24, 2.45) is 0 Å². The molecule has 1 aromatic heterocycles. The summed E-state index contributed by atoms with van der Waals surface area (Å²) in [7, 11) is 0. The predicted molar refractivity (Wildman–Crippen MR) is 102 cm³/mol. The van der Waals surface area contributed by atoms with Crippen LogP contribution in [0.3, 0.4) is 0 Å². The molecule has 0 atom stereocenters. The van der Waals surface area contributed by atoms with Gasteiger partial charge in [-0.15, -0.1) is 0 Å². The highest BCUT2D eigenvalue weighted by molar-refractivity contribution is 6.03. The first-order chi connectivity index (χ1) is 13.6. The molecule has 0 saturated heterocycles. The normalized spacial score (nSPS) is 10.3. The van der Waals surface area contributed by atoms with Crippen molar-refractivity contribution in [3.05, 3.63) is 59.9 Å². The first kappa shape index (κ1) is 19.0. The Morgan fingerprint density at radius 1 is 1.14 bits per heavy atom. The quantitative estimate of drug-likeness (QED) is 0.626. The van der Waals surface area contributed by atoms with Gasteiger partial charge in [0, 0.05) is 5.39 Å². The number of nitriles is 1. The molecule has 28 heavy (non-hydrogen) atoms. The second-order valence-corrected chi connectivity index (χ2v) is 5.91. The van der Waals surface area contributed by atoms with Crippen LogP contribution in [0.25, 0.3) is 11.0 Å². The summed E-state index contributed by atoms with van der Waals surface area (Å²) in [5.41, 5.74) is 1.05. The fourth-order valence-electron chi connectivity index (χ4n) is 2.55. The number of nitrogens with one attached hydrogen (secondary N) is 1. The van der Waals surface area contributed by atoms with Gasteiger partial charge in [0.25, 0.3) is 5.91 Å². The summed E-state index contributed by atoms with van der Waals surface area (Å²) >= 11 is 0. The first-order valence-electron chi connectivity index (χ1n) is 8.74. The Morgan fingerprint density at radius 3 is 2.61 bits per heavy atom. The van der Waals surface area contributed by atoms with Gasteiger partial charge in [-0.05, 0) is 42.8 Å². The van der Waals surface area contributed by atoms with Gasteiger partial charge in [-0.3, -0.25) is 4.79 Å². The Labute approximate surface area is 161 Å². The molecule has 1 heterocycles. The van der Waals surface area contributed by atoms with Crippen LogP contribution in [0.4, 0.5) is 5.69 Å². The van der Waals surface area contributed by atoms with Crippen LogP contribution in [-0.4, -0.2) is 25.1 Å². The molecule has 0 unspecified atom stereocenters. The maximum absolute atomic E-state index is 12.2. The smallest absolute Gasteiger partial charge is 0.338 e. The second-order valence-electron chi connectivity index (χ2n) is 5.91. The standard InChI is InChI=1S/C21H18N2O5/c1-2-11-26-15-9-7-14(8-10-15)21(25)27-13-19(24)23-20-16-5-3-4-6-17(16)28-18(20)12-22/h3-10H,2,11,13H2,1H3,(H,23,24). The van der Waals surface area contributed by atoms with Crippen molar-refractivity contribution in [1.29, 1.82) is 5.26 Å². The van der Waals surface area contributed by atoms with E-state index in [-0.39, 0.29) is 11.4 Å². The monoisotopic (exact) mass is 378 g/mol. The van der Waals surface area contributed by atoms with Gasteiger partial charge in [-0.2, -0.15) is 5.26 Å². The molecule has 142 valence electrons. The van der Waals surface area contributed by atoms with E-state index in [1.165, 1.54) is 0 Å². The number of rotatable bonds is 7. The summed E-state index contributed by atoms with van der Waals surface area (Å²) in [6, 6.07) is 15.3. The zero-order valence-electron chi connectivity index (χ0n) is 15.2. The number of amides is 1. The molecule has 0 saturated carbocycles. The lowest BCUT2D eigenvalue weighted by Gasteiger charge is -2.07. The minimum atomic E-state index is -0.630. The summed E-state index contributed by atoms with van der Waals surface area (Å²) in [5.74, 6) is -0.551. The highest BCUT2D eigenvalue weighted by Crippen LogP contribution is 2.30. The third-order valence-corrected chi connectivity index (χ3v) is 3.86. The number of furan rings is 1. The molecule has 0 bridgehead atoms. The van der Waals surface area contributed by atoms with Crippen molar-refractivity contribution in [1.82, 2.24) is 0 Å². The number of carbonyl (C=O) groups excluding carboxylic acids is 2. The van der Waals surface area contributed by atoms with Crippen molar-refractivity contribution in [2.45, 2.75) is 13.3 Å². The number of para-hydroxylation sites is 1. The average molecular weight is 378 g/mol. The van der Waals surface area contributed by atoms with Crippen LogP contribution < -0.4 is 10.1 Å². The summed E-state index contributed by atoms with van der Waals surface area (Å²) < 4.78 is 15.9. The molecule has 3 rings (SSSR count). The van der Waals surface area contributed by atoms with Gasteiger partial charge >= 0.3 is 5.97 Å². The van der Waals surface area contributed by atoms with E-state index < -0.39 is 18.5 Å². The molecule has 0 fully saturated rings. The minimum Gasteiger partial charge on any atom is -0.494 e. The van der Waals surface area contributed by atoms with Crippen molar-refractivity contribution in [3.63, 3.8) is 0 Å². The lowest BCUT2D eigenvalue weighted by molar-refractivity contribution is -0.119. The van der Waals surface area contributed by atoms with Crippen molar-refractivity contribution >= 4 is 28.5 Å². The molecular formula is C21H18N2O5. The molecule has 0 aliphatic heterocycles. The summed E-state index contributed by atoms with van der Waals surface area (Å²) in [6.07, 6.45) is 0.887. The van der Waals surface area contributed by atoms with Crippen LogP contribution >= 0.6 is 0 Å². The Balaban J connectivity index is 1.60. The molecule has 2 aromatic carbocycles. The van der Waals surface area contributed by atoms with Gasteiger partial charge in [-0.25, -0.2) is 4.79 Å². The fraction of sp³-hybridized carbons (Fsp3) is 0.190. The third-order valence-electron chi connectivity index (χ3n) is 3.86. The van der Waals surface area contributed by atoms with Gasteiger partial charge in [0.1, 0.15) is 23.1 Å². The predicted octanol–water partition coefficient (Wildman–Crippen LogP) is 3.89. The van der Waals surface area contributed by atoms with Crippen molar-refractivity contribution < 1.29 is 23.5 Å². The number of hydrogen-bond acceptors (Lipinski definition) is 6. The highest BCUT2D eigenvalue weighted by Gasteiger charge is 2.17. The topological polar surface area (TPSA) is 102 Å². The van der Waals surface area contributed by atoms with Gasteiger partial charge in [-0.1, -0.05) is 19.1 Å². The summed E-state index contributed by atoms with van der Waals surface area (Å²) in [4.78, 5) is 24.3. The van der Waals surface area contributed by atoms with Crippen LogP contribution in [0.15, 0.2) is 52.9 Å². The molecule has 1 N–H and O–H groups in total. The van der Waals surface area contributed by atoms with Gasteiger partial charge in [0.15, 0.2) is 6.61 Å². The van der Waals surface area contributed by atoms with E-state index in [4.69, 9.17) is 13.9 Å². The van der Waals surface area contributed by atoms with Gasteiger partial charge in [0.05, 0.1) is 12.2 Å². The van der Waals surface area contributed by atoms with Crippen LogP contribution in [0, 0.1) is 11.3 Å². The molecular weight excluding hydrogens is 360 g/mol. The minimum absolute atomic E-state index is 0.0106. The highest BCUT2D eigenvalue weighted by atomic mass is 16.5. The third kappa shape index (κ3) is 4.30.